The molecule has 0 spiro atoms. The van der Waals surface area contributed by atoms with Crippen molar-refractivity contribution in [2.75, 3.05) is 18.0 Å². The van der Waals surface area contributed by atoms with Crippen molar-refractivity contribution in [3.8, 4) is 11.5 Å². The third kappa shape index (κ3) is 5.06. The largest absolute Gasteiger partial charge is 0.507 e. The van der Waals surface area contributed by atoms with E-state index in [1.54, 1.807) is 12.1 Å². The Kier molecular flexibility index (Phi) is 6.61. The summed E-state index contributed by atoms with van der Waals surface area (Å²) in [7, 11) is -9.46. The number of hydrogen-bond donors (Lipinski definition) is 4. The van der Waals surface area contributed by atoms with E-state index >= 15 is 0 Å². The monoisotopic (exact) mass is 495 g/mol. The average molecular weight is 496 g/mol. The summed E-state index contributed by atoms with van der Waals surface area (Å²) in [5.41, 5.74) is 0.436. The van der Waals surface area contributed by atoms with Crippen molar-refractivity contribution in [3.05, 3.63) is 42.5 Å². The molecule has 0 aliphatic heterocycles. The van der Waals surface area contributed by atoms with Gasteiger partial charge in [-0.3, -0.25) is 9.11 Å². The number of anilines is 1. The zero-order chi connectivity index (χ0) is 24.6. The van der Waals surface area contributed by atoms with Gasteiger partial charge < -0.3 is 15.1 Å². The summed E-state index contributed by atoms with van der Waals surface area (Å²) in [5.74, 6) is -0.664. The van der Waals surface area contributed by atoms with Crippen molar-refractivity contribution in [2.45, 2.75) is 23.6 Å². The maximum Gasteiger partial charge on any atom is 0.294 e. The van der Waals surface area contributed by atoms with Crippen LogP contribution in [0.3, 0.4) is 0 Å². The Morgan fingerprint density at radius 3 is 1.88 bits per heavy atom. The molecule has 0 atom stereocenters. The first-order chi connectivity index (χ1) is 15.4. The van der Waals surface area contributed by atoms with Gasteiger partial charge in [-0.15, -0.1) is 10.2 Å². The zero-order valence-corrected chi connectivity index (χ0v) is 19.2. The Bertz CT molecular complexity index is 1460. The number of rotatable bonds is 7. The van der Waals surface area contributed by atoms with Crippen LogP contribution >= 0.6 is 0 Å². The van der Waals surface area contributed by atoms with Gasteiger partial charge in [0.25, 0.3) is 20.2 Å². The minimum atomic E-state index is -4.74. The number of para-hydroxylation sites is 1. The molecule has 0 saturated carbocycles. The van der Waals surface area contributed by atoms with E-state index in [4.69, 9.17) is 0 Å². The molecule has 0 unspecified atom stereocenters. The SMILES string of the molecule is CCN(CC)c1c(O)cccc1N=Nc1cc(S(=O)(=O)O)cc2cc(S(=O)(=O)O)cc(O)c12. The van der Waals surface area contributed by atoms with Crippen molar-refractivity contribution in [2.24, 2.45) is 10.2 Å². The molecule has 0 aliphatic carbocycles. The van der Waals surface area contributed by atoms with Gasteiger partial charge in [0.2, 0.25) is 0 Å². The molecular weight excluding hydrogens is 474 g/mol. The van der Waals surface area contributed by atoms with E-state index in [-0.39, 0.29) is 27.9 Å². The van der Waals surface area contributed by atoms with Crippen LogP contribution in [-0.2, 0) is 20.2 Å². The Labute approximate surface area is 190 Å². The molecule has 3 aromatic rings. The van der Waals surface area contributed by atoms with Gasteiger partial charge in [0, 0.05) is 19.2 Å². The first-order valence-electron chi connectivity index (χ1n) is 9.61. The predicted molar refractivity (Wildman–Crippen MR) is 121 cm³/mol. The normalized spacial score (nSPS) is 12.5. The van der Waals surface area contributed by atoms with Crippen molar-refractivity contribution in [1.29, 1.82) is 0 Å². The lowest BCUT2D eigenvalue weighted by atomic mass is 10.1. The molecule has 0 fully saturated rings. The smallest absolute Gasteiger partial charge is 0.294 e. The second kappa shape index (κ2) is 8.94. The standard InChI is InChI=1S/C20H21N3O8S2/c1-3-23(4-2)20-15(6-5-7-17(20)24)21-22-16-10-13(32(26,27)28)8-12-9-14(33(29,30)31)11-18(25)19(12)16/h5-11,24-25H,3-4H2,1-2H3,(H,26,27,28)(H,29,30,31). The van der Waals surface area contributed by atoms with Crippen LogP contribution in [0.5, 0.6) is 11.5 Å². The summed E-state index contributed by atoms with van der Waals surface area (Å²) in [5, 5.41) is 28.7. The van der Waals surface area contributed by atoms with Crippen LogP contribution in [0.4, 0.5) is 17.1 Å². The Morgan fingerprint density at radius 1 is 0.788 bits per heavy atom. The number of phenols is 2. The van der Waals surface area contributed by atoms with Gasteiger partial charge in [-0.05, 0) is 49.6 Å². The highest BCUT2D eigenvalue weighted by atomic mass is 32.2. The first-order valence-corrected chi connectivity index (χ1v) is 12.5. The highest BCUT2D eigenvalue weighted by Gasteiger charge is 2.20. The van der Waals surface area contributed by atoms with Gasteiger partial charge in [-0.1, -0.05) is 6.07 Å². The quantitative estimate of drug-likeness (QED) is 0.278. The molecule has 0 bridgehead atoms. The van der Waals surface area contributed by atoms with Gasteiger partial charge in [0.1, 0.15) is 22.9 Å². The number of aromatic hydroxyl groups is 2. The maximum atomic E-state index is 11.7. The van der Waals surface area contributed by atoms with E-state index in [2.05, 4.69) is 10.2 Å². The number of benzene rings is 3. The summed E-state index contributed by atoms with van der Waals surface area (Å²) in [6, 6.07) is 8.17. The number of phenolic OH excluding ortho intramolecular Hbond substituents is 2. The second-order valence-electron chi connectivity index (χ2n) is 6.95. The average Bonchev–Trinajstić information content (AvgIpc) is 2.72. The minimum absolute atomic E-state index is 0.0488. The summed E-state index contributed by atoms with van der Waals surface area (Å²) < 4.78 is 65.3. The maximum absolute atomic E-state index is 11.7. The van der Waals surface area contributed by atoms with Gasteiger partial charge >= 0.3 is 0 Å². The molecule has 3 aromatic carbocycles. The number of fused-ring (bicyclic) bond motifs is 1. The van der Waals surface area contributed by atoms with Crippen LogP contribution in [0.25, 0.3) is 10.8 Å². The van der Waals surface area contributed by atoms with Crippen LogP contribution in [-0.4, -0.2) is 49.2 Å². The van der Waals surface area contributed by atoms with Crippen molar-refractivity contribution < 1.29 is 36.2 Å². The van der Waals surface area contributed by atoms with Crippen LogP contribution in [0, 0.1) is 0 Å². The number of azo groups is 1. The van der Waals surface area contributed by atoms with E-state index in [9.17, 15) is 36.2 Å². The fourth-order valence-corrected chi connectivity index (χ4v) is 4.44. The third-order valence-electron chi connectivity index (χ3n) is 4.89. The third-order valence-corrected chi connectivity index (χ3v) is 6.55. The molecule has 3 rings (SSSR count). The summed E-state index contributed by atoms with van der Waals surface area (Å²) in [4.78, 5) is 0.516. The lowest BCUT2D eigenvalue weighted by molar-refractivity contribution is 0.471. The second-order valence-corrected chi connectivity index (χ2v) is 9.79. The molecule has 11 nitrogen and oxygen atoms in total. The molecule has 33 heavy (non-hydrogen) atoms. The van der Waals surface area contributed by atoms with E-state index in [1.165, 1.54) is 6.07 Å². The van der Waals surface area contributed by atoms with Gasteiger partial charge in [0.15, 0.2) is 0 Å². The van der Waals surface area contributed by atoms with Crippen LogP contribution in [0.15, 0.2) is 62.5 Å². The summed E-state index contributed by atoms with van der Waals surface area (Å²) in [6.07, 6.45) is 0. The van der Waals surface area contributed by atoms with Gasteiger partial charge in [-0.25, -0.2) is 0 Å². The number of hydrogen-bond acceptors (Lipinski definition) is 9. The molecule has 0 aromatic heterocycles. The fraction of sp³-hybridized carbons (Fsp3) is 0.200. The summed E-state index contributed by atoms with van der Waals surface area (Å²) in [6.45, 7) is 4.86. The lowest BCUT2D eigenvalue weighted by Crippen LogP contribution is -2.21. The highest BCUT2D eigenvalue weighted by Crippen LogP contribution is 2.41. The van der Waals surface area contributed by atoms with Crippen molar-refractivity contribution in [1.82, 2.24) is 0 Å². The number of nitrogens with zero attached hydrogens (tertiary/aromatic N) is 3. The van der Waals surface area contributed by atoms with Crippen molar-refractivity contribution in [3.63, 3.8) is 0 Å². The highest BCUT2D eigenvalue weighted by molar-refractivity contribution is 7.86. The summed E-state index contributed by atoms with van der Waals surface area (Å²) >= 11 is 0. The molecule has 13 heteroatoms. The van der Waals surface area contributed by atoms with Gasteiger partial charge in [0.05, 0.1) is 20.9 Å². The van der Waals surface area contributed by atoms with Crippen LogP contribution in [0.2, 0.25) is 0 Å². The molecular formula is C20H21N3O8S2. The predicted octanol–water partition coefficient (Wildman–Crippen LogP) is 4.01. The molecule has 4 N–H and O–H groups in total. The minimum Gasteiger partial charge on any atom is -0.507 e. The first kappa shape index (κ1) is 24.4. The van der Waals surface area contributed by atoms with Crippen LogP contribution < -0.4 is 4.90 Å². The molecule has 0 heterocycles. The topological polar surface area (TPSA) is 177 Å². The zero-order valence-electron chi connectivity index (χ0n) is 17.5. The van der Waals surface area contributed by atoms with E-state index in [0.717, 1.165) is 24.3 Å². The van der Waals surface area contributed by atoms with E-state index in [0.29, 0.717) is 18.8 Å². The lowest BCUT2D eigenvalue weighted by Gasteiger charge is -2.23. The van der Waals surface area contributed by atoms with Gasteiger partial charge in [-0.2, -0.15) is 16.8 Å². The Balaban J connectivity index is 2.30. The molecule has 0 saturated heterocycles. The molecule has 0 aliphatic rings. The molecule has 0 amide bonds. The van der Waals surface area contributed by atoms with E-state index < -0.39 is 35.8 Å². The van der Waals surface area contributed by atoms with Crippen molar-refractivity contribution >= 4 is 48.1 Å². The van der Waals surface area contributed by atoms with Crippen LogP contribution in [0.1, 0.15) is 13.8 Å². The fourth-order valence-electron chi connectivity index (χ4n) is 3.37. The Hall–Kier alpha value is -3.26. The molecule has 0 radical (unpaired) electrons. The van der Waals surface area contributed by atoms with E-state index in [1.807, 2.05) is 18.7 Å². The molecule has 176 valence electrons. The Morgan fingerprint density at radius 2 is 1.33 bits per heavy atom.